The van der Waals surface area contributed by atoms with Gasteiger partial charge in [-0.3, -0.25) is 4.21 Å². The third kappa shape index (κ3) is 10.6. The van der Waals surface area contributed by atoms with Crippen LogP contribution in [0.3, 0.4) is 0 Å². The third-order valence-corrected chi connectivity index (χ3v) is 13.1. The minimum atomic E-state index is -1.86. The van der Waals surface area contributed by atoms with Gasteiger partial charge in [0.2, 0.25) is 0 Å². The molecule has 1 nitrogen and oxygen atoms in total. The van der Waals surface area contributed by atoms with Crippen molar-refractivity contribution in [3.63, 3.8) is 0 Å². The summed E-state index contributed by atoms with van der Waals surface area (Å²) in [5.41, 5.74) is 0. The zero-order chi connectivity index (χ0) is 15.9. The van der Waals surface area contributed by atoms with E-state index in [1.165, 1.54) is 0 Å². The molecule has 0 heterocycles. The zero-order valence-electron chi connectivity index (χ0n) is 13.6. The van der Waals surface area contributed by atoms with E-state index in [4.69, 9.17) is 24.1 Å². The topological polar surface area (TPSA) is 17.1 Å². The van der Waals surface area contributed by atoms with Crippen molar-refractivity contribution in [3.05, 3.63) is 24.3 Å². The van der Waals surface area contributed by atoms with Crippen LogP contribution in [0, 0.1) is 0 Å². The van der Waals surface area contributed by atoms with Gasteiger partial charge >= 0.3 is 51.4 Å². The van der Waals surface area contributed by atoms with Gasteiger partial charge in [-0.25, -0.2) is 0 Å². The summed E-state index contributed by atoms with van der Waals surface area (Å²) in [4.78, 5) is 2.00. The summed E-state index contributed by atoms with van der Waals surface area (Å²) in [6.45, 7) is 6.41. The Morgan fingerprint density at radius 2 is 1.86 bits per heavy atom. The normalized spacial score (nSPS) is 15.1. The van der Waals surface area contributed by atoms with Crippen molar-refractivity contribution in [2.75, 3.05) is 5.75 Å². The average molecular weight is 437 g/mol. The molecule has 0 amide bonds. The van der Waals surface area contributed by atoms with Gasteiger partial charge in [-0.2, -0.15) is 0 Å². The van der Waals surface area contributed by atoms with E-state index in [9.17, 15) is 4.21 Å². The van der Waals surface area contributed by atoms with Gasteiger partial charge in [0.05, 0.1) is 10.8 Å². The summed E-state index contributed by atoms with van der Waals surface area (Å²) in [6.07, 6.45) is 3.33. The second kappa shape index (κ2) is 13.0. The summed E-state index contributed by atoms with van der Waals surface area (Å²) in [5, 5.41) is 0.464. The number of hydrogen-bond donors (Lipinski definition) is 0. The molecule has 0 N–H and O–H groups in total. The molecule has 0 fully saturated rings. The van der Waals surface area contributed by atoms with Crippen LogP contribution in [-0.4, -0.2) is 15.2 Å². The van der Waals surface area contributed by atoms with Crippen LogP contribution in [0.4, 0.5) is 0 Å². The van der Waals surface area contributed by atoms with Crippen molar-refractivity contribution in [2.45, 2.75) is 55.1 Å². The Bertz CT molecular complexity index is 506. The molecule has 0 aliphatic carbocycles. The van der Waals surface area contributed by atoms with Crippen molar-refractivity contribution in [1.29, 1.82) is 0 Å². The molecule has 0 aliphatic rings. The van der Waals surface area contributed by atoms with E-state index >= 15 is 0 Å². The molecule has 0 saturated carbocycles. The largest absolute Gasteiger partial charge is 1.00 e. The van der Waals surface area contributed by atoms with Gasteiger partial charge in [-0.1, -0.05) is 37.3 Å². The summed E-state index contributed by atoms with van der Waals surface area (Å²) < 4.78 is 10.3. The maximum Gasteiger partial charge on any atom is 1.00 e. The van der Waals surface area contributed by atoms with E-state index in [-0.39, 0.29) is 51.4 Å². The van der Waals surface area contributed by atoms with Gasteiger partial charge in [0.1, 0.15) is 0 Å². The van der Waals surface area contributed by atoms with Crippen molar-refractivity contribution < 1.29 is 55.6 Å². The molecule has 0 aromatic heterocycles. The van der Waals surface area contributed by atoms with E-state index in [2.05, 4.69) is 20.8 Å². The van der Waals surface area contributed by atoms with Gasteiger partial charge < -0.3 is 12.2 Å². The van der Waals surface area contributed by atoms with E-state index in [1.54, 1.807) is 22.8 Å². The molecule has 0 aliphatic heterocycles. The molecular formula is C14H22KOPS5. The maximum absolute atomic E-state index is 12.1. The van der Waals surface area contributed by atoms with E-state index < -0.39 is 14.4 Å². The number of benzene rings is 1. The van der Waals surface area contributed by atoms with Crippen LogP contribution in [0.1, 0.15) is 40.0 Å². The minimum Gasteiger partial charge on any atom is -0.726 e. The first-order valence-electron chi connectivity index (χ1n) is 7.01. The number of rotatable bonds is 9. The summed E-state index contributed by atoms with van der Waals surface area (Å²) in [7, 11) is -0.883. The first kappa shape index (κ1) is 24.7. The van der Waals surface area contributed by atoms with Crippen LogP contribution in [0.15, 0.2) is 34.1 Å². The van der Waals surface area contributed by atoms with Crippen LogP contribution in [0.5, 0.6) is 0 Å². The molecule has 2 atom stereocenters. The second-order valence-electron chi connectivity index (χ2n) is 4.92. The van der Waals surface area contributed by atoms with Gasteiger partial charge in [-0.05, 0) is 30.7 Å². The predicted molar refractivity (Wildman–Crippen MR) is 107 cm³/mol. The molecule has 8 heteroatoms. The Kier molecular flexibility index (Phi) is 14.6. The molecule has 1 rings (SSSR count). The molecule has 0 radical (unpaired) electrons. The van der Waals surface area contributed by atoms with Crippen LogP contribution in [0.2, 0.25) is 0 Å². The molecule has 0 saturated heterocycles. The van der Waals surface area contributed by atoms with E-state index in [1.807, 2.05) is 24.3 Å². The molecule has 1 aromatic carbocycles. The fourth-order valence-corrected chi connectivity index (χ4v) is 14.1. The molecule has 120 valence electrons. The van der Waals surface area contributed by atoms with Crippen molar-refractivity contribution in [1.82, 2.24) is 0 Å². The van der Waals surface area contributed by atoms with Crippen LogP contribution in [-0.2, 0) is 34.9 Å². The molecule has 2 unspecified atom stereocenters. The molecule has 0 bridgehead atoms. The molecule has 22 heavy (non-hydrogen) atoms. The fourth-order valence-electron chi connectivity index (χ4n) is 1.66. The second-order valence-corrected chi connectivity index (χ2v) is 21.1. The smallest absolute Gasteiger partial charge is 0.726 e. The van der Waals surface area contributed by atoms with E-state index in [0.717, 1.165) is 34.8 Å². The first-order valence-corrected chi connectivity index (χ1v) is 15.1. The van der Waals surface area contributed by atoms with Crippen LogP contribution in [0.25, 0.3) is 0 Å². The Morgan fingerprint density at radius 3 is 2.36 bits per heavy atom. The first-order chi connectivity index (χ1) is 9.84. The summed E-state index contributed by atoms with van der Waals surface area (Å²) in [5.74, 6) is 0.753. The van der Waals surface area contributed by atoms with E-state index in [0.29, 0.717) is 5.25 Å². The van der Waals surface area contributed by atoms with Crippen molar-refractivity contribution in [3.8, 4) is 0 Å². The Hall–Kier alpha value is 2.71. The minimum absolute atomic E-state index is 0. The third-order valence-electron chi connectivity index (χ3n) is 2.58. The van der Waals surface area contributed by atoms with Crippen molar-refractivity contribution in [2.24, 2.45) is 0 Å². The van der Waals surface area contributed by atoms with Crippen LogP contribution < -0.4 is 51.4 Å². The zero-order valence-corrected chi connectivity index (χ0v) is 21.7. The Morgan fingerprint density at radius 1 is 1.27 bits per heavy atom. The van der Waals surface area contributed by atoms with Gasteiger partial charge in [0, 0.05) is 20.8 Å². The Balaban J connectivity index is 0.00000441. The monoisotopic (exact) mass is 436 g/mol. The summed E-state index contributed by atoms with van der Waals surface area (Å²) in [6, 6.07) is 7.92. The molecule has 1 aromatic rings. The van der Waals surface area contributed by atoms with Gasteiger partial charge in [-0.15, -0.1) is 34.6 Å². The van der Waals surface area contributed by atoms with Gasteiger partial charge in [0.15, 0.2) is 0 Å². The quantitative estimate of drug-likeness (QED) is 0.255. The fraction of sp³-hybridized carbons (Fsp3) is 0.571. The summed E-state index contributed by atoms with van der Waals surface area (Å²) >= 11 is 14.4. The number of hydrogen-bond acceptors (Lipinski definition) is 5. The van der Waals surface area contributed by atoms with Crippen LogP contribution >= 0.6 is 26.4 Å². The molecule has 0 spiro atoms. The maximum atomic E-state index is 12.1. The molecular weight excluding hydrogens is 415 g/mol. The number of unbranched alkanes of at least 4 members (excludes halogenated alkanes) is 2. The Labute approximate surface area is 198 Å². The predicted octanol–water partition coefficient (Wildman–Crippen LogP) is 2.99. The standard InChI is InChI=1S/C14H23OPS5.K/c1-4-5-6-11-21(15)14-9-7-13(8-10-14)20-16(17,18)19-12(2)3;/h7-10,12H,4-6,11H2,1-3H3,(H,17,18);/q;+1/p-1. The average Bonchev–Trinajstić information content (AvgIpc) is 2.37. The van der Waals surface area contributed by atoms with Gasteiger partial charge in [0.25, 0.3) is 0 Å². The SMILES string of the molecule is CCCCCS(=O)c1ccc(SP(=S)([S-])SC(C)C)cc1.[K+]. The van der Waals surface area contributed by atoms with Crippen molar-refractivity contribution >= 4 is 61.3 Å².